The Kier molecular flexibility index (Phi) is 5.76. The van der Waals surface area contributed by atoms with E-state index in [1.165, 1.54) is 18.4 Å². The van der Waals surface area contributed by atoms with E-state index in [4.69, 9.17) is 10.5 Å². The van der Waals surface area contributed by atoms with E-state index < -0.39 is 0 Å². The van der Waals surface area contributed by atoms with E-state index in [1.807, 2.05) is 17.5 Å². The first-order valence-corrected chi connectivity index (χ1v) is 8.14. The molecular formula is C15H22N2O3S. The molecule has 3 N–H and O–H groups in total. The van der Waals surface area contributed by atoms with Gasteiger partial charge in [-0.3, -0.25) is 9.59 Å². The summed E-state index contributed by atoms with van der Waals surface area (Å²) in [4.78, 5) is 25.0. The van der Waals surface area contributed by atoms with Gasteiger partial charge in [-0.2, -0.15) is 0 Å². The minimum atomic E-state index is -0.324. The highest BCUT2D eigenvalue weighted by Crippen LogP contribution is 2.32. The van der Waals surface area contributed by atoms with Crippen molar-refractivity contribution in [3.8, 4) is 0 Å². The lowest BCUT2D eigenvalue weighted by Crippen LogP contribution is -2.37. The Morgan fingerprint density at radius 1 is 1.52 bits per heavy atom. The highest BCUT2D eigenvalue weighted by Gasteiger charge is 2.33. The zero-order valence-electron chi connectivity index (χ0n) is 12.2. The van der Waals surface area contributed by atoms with E-state index in [2.05, 4.69) is 5.32 Å². The molecule has 116 valence electrons. The number of nitrogens with two attached hydrogens (primary N) is 1. The minimum Gasteiger partial charge on any atom is -0.469 e. The van der Waals surface area contributed by atoms with E-state index in [1.54, 1.807) is 0 Å². The molecule has 1 aromatic rings. The van der Waals surface area contributed by atoms with Crippen molar-refractivity contribution >= 4 is 23.2 Å². The van der Waals surface area contributed by atoms with Crippen molar-refractivity contribution in [2.45, 2.75) is 31.7 Å². The third-order valence-electron chi connectivity index (χ3n) is 4.10. The SMILES string of the molecule is COC(=O)CC(NC(=O)C1CCCC1CN)c1cccs1. The molecule has 0 saturated heterocycles. The summed E-state index contributed by atoms with van der Waals surface area (Å²) in [5.74, 6) is -0.0945. The molecule has 1 aliphatic carbocycles. The van der Waals surface area contributed by atoms with Gasteiger partial charge in [-0.15, -0.1) is 11.3 Å². The Balaban J connectivity index is 2.04. The molecule has 21 heavy (non-hydrogen) atoms. The molecule has 3 unspecified atom stereocenters. The van der Waals surface area contributed by atoms with Crippen LogP contribution in [-0.4, -0.2) is 25.5 Å². The second kappa shape index (κ2) is 7.56. The van der Waals surface area contributed by atoms with E-state index in [9.17, 15) is 9.59 Å². The van der Waals surface area contributed by atoms with Gasteiger partial charge < -0.3 is 15.8 Å². The number of hydrogen-bond acceptors (Lipinski definition) is 5. The van der Waals surface area contributed by atoms with Gasteiger partial charge in [0.15, 0.2) is 0 Å². The fourth-order valence-corrected chi connectivity index (χ4v) is 3.68. The summed E-state index contributed by atoms with van der Waals surface area (Å²) < 4.78 is 4.72. The monoisotopic (exact) mass is 310 g/mol. The average Bonchev–Trinajstić information content (AvgIpc) is 3.16. The number of carbonyl (C=O) groups is 2. The molecule has 1 amide bonds. The Hall–Kier alpha value is -1.40. The third-order valence-corrected chi connectivity index (χ3v) is 5.09. The van der Waals surface area contributed by atoms with Crippen LogP contribution in [-0.2, 0) is 14.3 Å². The lowest BCUT2D eigenvalue weighted by atomic mass is 9.95. The number of amides is 1. The van der Waals surface area contributed by atoms with Gasteiger partial charge in [-0.1, -0.05) is 12.5 Å². The molecule has 6 heteroatoms. The molecular weight excluding hydrogens is 288 g/mol. The van der Waals surface area contributed by atoms with Crippen molar-refractivity contribution < 1.29 is 14.3 Å². The number of carbonyl (C=O) groups excluding carboxylic acids is 2. The molecule has 0 aromatic carbocycles. The number of nitrogens with one attached hydrogen (secondary N) is 1. The van der Waals surface area contributed by atoms with Crippen LogP contribution in [0.4, 0.5) is 0 Å². The number of methoxy groups -OCH3 is 1. The molecule has 0 spiro atoms. The molecule has 1 saturated carbocycles. The number of esters is 1. The van der Waals surface area contributed by atoms with Gasteiger partial charge in [0.25, 0.3) is 0 Å². The Bertz CT molecular complexity index is 475. The van der Waals surface area contributed by atoms with E-state index in [0.29, 0.717) is 6.54 Å². The van der Waals surface area contributed by atoms with Crippen LogP contribution in [0.25, 0.3) is 0 Å². The standard InChI is InChI=1S/C15H22N2O3S/c1-20-14(18)8-12(13-6-3-7-21-13)17-15(19)11-5-2-4-10(11)9-16/h3,6-7,10-12H,2,4-5,8-9,16H2,1H3,(H,17,19). The molecule has 1 aliphatic rings. The van der Waals surface area contributed by atoms with Crippen LogP contribution >= 0.6 is 11.3 Å². The summed E-state index contributed by atoms with van der Waals surface area (Å²) in [6, 6.07) is 3.52. The zero-order valence-corrected chi connectivity index (χ0v) is 13.0. The summed E-state index contributed by atoms with van der Waals surface area (Å²) in [7, 11) is 1.36. The average molecular weight is 310 g/mol. The zero-order chi connectivity index (χ0) is 15.2. The first-order chi connectivity index (χ1) is 10.2. The fourth-order valence-electron chi connectivity index (χ4n) is 2.91. The molecule has 0 bridgehead atoms. The van der Waals surface area contributed by atoms with Crippen LogP contribution in [0.2, 0.25) is 0 Å². The summed E-state index contributed by atoms with van der Waals surface area (Å²) >= 11 is 1.53. The van der Waals surface area contributed by atoms with Crippen molar-refractivity contribution in [2.24, 2.45) is 17.6 Å². The summed E-state index contributed by atoms with van der Waals surface area (Å²) in [5.41, 5.74) is 5.74. The van der Waals surface area contributed by atoms with Crippen LogP contribution in [0, 0.1) is 11.8 Å². The molecule has 3 atom stereocenters. The van der Waals surface area contributed by atoms with Gasteiger partial charge in [0.2, 0.25) is 5.91 Å². The van der Waals surface area contributed by atoms with Crippen molar-refractivity contribution in [3.63, 3.8) is 0 Å². The lowest BCUT2D eigenvalue weighted by Gasteiger charge is -2.22. The Morgan fingerprint density at radius 2 is 2.33 bits per heavy atom. The second-order valence-corrected chi connectivity index (χ2v) is 6.37. The summed E-state index contributed by atoms with van der Waals surface area (Å²) in [6.07, 6.45) is 3.09. The predicted octanol–water partition coefficient (Wildman–Crippen LogP) is 1.84. The largest absolute Gasteiger partial charge is 0.469 e. The van der Waals surface area contributed by atoms with E-state index >= 15 is 0 Å². The maximum absolute atomic E-state index is 12.5. The number of thiophene rings is 1. The van der Waals surface area contributed by atoms with Gasteiger partial charge >= 0.3 is 5.97 Å². The van der Waals surface area contributed by atoms with Gasteiger partial charge in [0, 0.05) is 10.8 Å². The second-order valence-electron chi connectivity index (χ2n) is 5.39. The van der Waals surface area contributed by atoms with Gasteiger partial charge in [-0.25, -0.2) is 0 Å². The quantitative estimate of drug-likeness (QED) is 0.786. The molecule has 0 radical (unpaired) electrons. The molecule has 1 fully saturated rings. The minimum absolute atomic E-state index is 0.00486. The molecule has 0 aliphatic heterocycles. The number of hydrogen-bond donors (Lipinski definition) is 2. The van der Waals surface area contributed by atoms with Crippen molar-refractivity contribution in [1.82, 2.24) is 5.32 Å². The smallest absolute Gasteiger partial charge is 0.307 e. The first kappa shape index (κ1) is 16.0. The lowest BCUT2D eigenvalue weighted by molar-refractivity contribution is -0.141. The van der Waals surface area contributed by atoms with E-state index in [-0.39, 0.29) is 36.2 Å². The van der Waals surface area contributed by atoms with Gasteiger partial charge in [0.1, 0.15) is 0 Å². The van der Waals surface area contributed by atoms with Crippen molar-refractivity contribution in [3.05, 3.63) is 22.4 Å². The summed E-state index contributed by atoms with van der Waals surface area (Å²) in [6.45, 7) is 0.540. The van der Waals surface area contributed by atoms with Crippen LogP contribution < -0.4 is 11.1 Å². The van der Waals surface area contributed by atoms with Crippen LogP contribution in [0.3, 0.4) is 0 Å². The molecule has 2 rings (SSSR count). The van der Waals surface area contributed by atoms with Crippen molar-refractivity contribution in [1.29, 1.82) is 0 Å². The number of ether oxygens (including phenoxy) is 1. The third kappa shape index (κ3) is 4.04. The van der Waals surface area contributed by atoms with Gasteiger partial charge in [0.05, 0.1) is 19.6 Å². The fraction of sp³-hybridized carbons (Fsp3) is 0.600. The highest BCUT2D eigenvalue weighted by atomic mass is 32.1. The van der Waals surface area contributed by atoms with Crippen molar-refractivity contribution in [2.75, 3.05) is 13.7 Å². The molecule has 5 nitrogen and oxygen atoms in total. The molecule has 1 aromatic heterocycles. The highest BCUT2D eigenvalue weighted by molar-refractivity contribution is 7.10. The van der Waals surface area contributed by atoms with Gasteiger partial charge in [-0.05, 0) is 36.8 Å². The Labute approximate surface area is 128 Å². The normalized spacial score (nSPS) is 22.8. The van der Waals surface area contributed by atoms with Crippen LogP contribution in [0.15, 0.2) is 17.5 Å². The van der Waals surface area contributed by atoms with Crippen LogP contribution in [0.1, 0.15) is 36.6 Å². The number of rotatable bonds is 6. The Morgan fingerprint density at radius 3 is 2.95 bits per heavy atom. The van der Waals surface area contributed by atoms with E-state index in [0.717, 1.165) is 24.1 Å². The maximum atomic E-state index is 12.5. The van der Waals surface area contributed by atoms with Crippen LogP contribution in [0.5, 0.6) is 0 Å². The first-order valence-electron chi connectivity index (χ1n) is 7.26. The molecule has 1 heterocycles. The summed E-state index contributed by atoms with van der Waals surface area (Å²) in [5, 5.41) is 4.94. The topological polar surface area (TPSA) is 81.4 Å². The maximum Gasteiger partial charge on any atom is 0.307 e. The predicted molar refractivity (Wildman–Crippen MR) is 81.7 cm³/mol.